The third kappa shape index (κ3) is 9.12. The number of phenols is 1. The number of benzene rings is 2. The Labute approximate surface area is 226 Å². The van der Waals surface area contributed by atoms with E-state index in [9.17, 15) is 5.11 Å². The quantitative estimate of drug-likeness (QED) is 0.139. The zero-order valence-corrected chi connectivity index (χ0v) is 23.2. The van der Waals surface area contributed by atoms with Gasteiger partial charge in [0.25, 0.3) is 0 Å². The van der Waals surface area contributed by atoms with Crippen molar-refractivity contribution in [1.29, 1.82) is 0 Å². The van der Waals surface area contributed by atoms with Gasteiger partial charge in [0, 0.05) is 23.3 Å². The van der Waals surface area contributed by atoms with E-state index in [0.717, 1.165) is 24.0 Å². The van der Waals surface area contributed by atoms with Crippen molar-refractivity contribution < 1.29 is 5.11 Å². The van der Waals surface area contributed by atoms with Gasteiger partial charge >= 0.3 is 0 Å². The lowest BCUT2D eigenvalue weighted by Crippen LogP contribution is -1.98. The van der Waals surface area contributed by atoms with Gasteiger partial charge in [-0.1, -0.05) is 126 Å². The Hall–Kier alpha value is -2.04. The molecule has 196 valence electrons. The predicted octanol–water partition coefficient (Wildman–Crippen LogP) is 10.3. The number of fused-ring (bicyclic) bond motifs is 1. The minimum Gasteiger partial charge on any atom is -0.506 e. The monoisotopic (exact) mass is 529 g/mol. The number of aryl methyl sites for hydroxylation is 1. The van der Waals surface area contributed by atoms with Crippen molar-refractivity contribution >= 4 is 46.4 Å². The van der Waals surface area contributed by atoms with Gasteiger partial charge in [0.2, 0.25) is 5.95 Å². The Morgan fingerprint density at radius 1 is 0.833 bits per heavy atom. The molecule has 0 spiro atoms. The summed E-state index contributed by atoms with van der Waals surface area (Å²) in [5.41, 5.74) is 2.47. The first-order valence-electron chi connectivity index (χ1n) is 13.8. The Balaban J connectivity index is 1.43. The topological polar surface area (TPSA) is 50.4 Å². The number of para-hydroxylation sites is 2. The lowest BCUT2D eigenvalue weighted by molar-refractivity contribution is 0.475. The van der Waals surface area contributed by atoms with Crippen LogP contribution in [-0.4, -0.2) is 20.9 Å². The Morgan fingerprint density at radius 2 is 1.42 bits per heavy atom. The summed E-state index contributed by atoms with van der Waals surface area (Å²) in [6, 6.07) is 11.3. The molecule has 1 aromatic heterocycles. The molecule has 3 rings (SSSR count). The Morgan fingerprint density at radius 3 is 2.06 bits per heavy atom. The van der Waals surface area contributed by atoms with E-state index in [1.165, 1.54) is 89.5 Å². The van der Waals surface area contributed by atoms with Gasteiger partial charge in [-0.05, 0) is 30.7 Å². The molecule has 1 heterocycles. The normalized spacial score (nSPS) is 11.8. The molecule has 0 radical (unpaired) electrons. The molecule has 0 aliphatic carbocycles. The summed E-state index contributed by atoms with van der Waals surface area (Å²) in [5.74, 6) is 0.598. The maximum Gasteiger partial charge on any atom is 0.230 e. The summed E-state index contributed by atoms with van der Waals surface area (Å²) >= 11 is 12.1. The van der Waals surface area contributed by atoms with E-state index in [1.54, 1.807) is 12.3 Å². The summed E-state index contributed by atoms with van der Waals surface area (Å²) in [6.07, 6.45) is 20.4. The summed E-state index contributed by atoms with van der Waals surface area (Å²) < 4.78 is 2.16. The summed E-state index contributed by atoms with van der Waals surface area (Å²) in [5, 5.41) is 10.9. The van der Waals surface area contributed by atoms with Crippen molar-refractivity contribution in [1.82, 2.24) is 9.55 Å². The number of hydrogen-bond acceptors (Lipinski definition) is 3. The fourth-order valence-corrected chi connectivity index (χ4v) is 5.17. The van der Waals surface area contributed by atoms with E-state index in [4.69, 9.17) is 28.2 Å². The van der Waals surface area contributed by atoms with Gasteiger partial charge in [-0.15, -0.1) is 0 Å². The summed E-state index contributed by atoms with van der Waals surface area (Å²) in [6.45, 7) is 3.15. The van der Waals surface area contributed by atoms with Crippen molar-refractivity contribution in [2.45, 2.75) is 103 Å². The molecule has 0 aliphatic rings. The molecular weight excluding hydrogens is 489 g/mol. The number of unbranched alkanes of at least 4 members (excludes halogenated alkanes) is 13. The third-order valence-electron chi connectivity index (χ3n) is 6.75. The van der Waals surface area contributed by atoms with Crippen LogP contribution in [0.1, 0.15) is 102 Å². The molecule has 0 atom stereocenters. The number of aliphatic imine (C=N–C) groups is 1. The molecule has 0 amide bonds. The van der Waals surface area contributed by atoms with Crippen LogP contribution in [0.2, 0.25) is 10.0 Å². The number of aromatic nitrogens is 2. The van der Waals surface area contributed by atoms with E-state index in [0.29, 0.717) is 16.5 Å². The lowest BCUT2D eigenvalue weighted by Gasteiger charge is -2.07. The summed E-state index contributed by atoms with van der Waals surface area (Å²) in [4.78, 5) is 9.30. The van der Waals surface area contributed by atoms with Crippen LogP contribution < -0.4 is 0 Å². The van der Waals surface area contributed by atoms with Crippen molar-refractivity contribution in [3.05, 3.63) is 52.0 Å². The predicted molar refractivity (Wildman–Crippen MR) is 155 cm³/mol. The largest absolute Gasteiger partial charge is 0.506 e. The molecule has 0 unspecified atom stereocenters. The molecule has 2 aromatic carbocycles. The molecule has 0 saturated heterocycles. The molecule has 6 heteroatoms. The maximum atomic E-state index is 10.2. The van der Waals surface area contributed by atoms with E-state index in [2.05, 4.69) is 22.5 Å². The minimum absolute atomic E-state index is 0.0283. The molecule has 0 bridgehead atoms. The molecule has 36 heavy (non-hydrogen) atoms. The number of hydrogen-bond donors (Lipinski definition) is 1. The number of imidazole rings is 1. The maximum absolute atomic E-state index is 10.2. The zero-order valence-electron chi connectivity index (χ0n) is 21.7. The van der Waals surface area contributed by atoms with Gasteiger partial charge in [0.1, 0.15) is 5.75 Å². The highest BCUT2D eigenvalue weighted by molar-refractivity contribution is 6.36. The average molecular weight is 531 g/mol. The standard InChI is InChI=1S/C30H41Cl2N3O/c1-2-3-4-5-6-7-8-9-10-11-12-13-14-17-20-35-28-19-16-15-18-27(28)34-30(35)33-23-24-21-25(31)22-26(32)29(24)36/h15-16,18-19,21-23,36H,2-14,17,20H2,1H3. The molecule has 4 nitrogen and oxygen atoms in total. The molecule has 0 aliphatic heterocycles. The third-order valence-corrected chi connectivity index (χ3v) is 7.25. The smallest absolute Gasteiger partial charge is 0.230 e. The highest BCUT2D eigenvalue weighted by atomic mass is 35.5. The first-order chi connectivity index (χ1) is 17.6. The zero-order chi connectivity index (χ0) is 25.6. The van der Waals surface area contributed by atoms with Gasteiger partial charge in [0.05, 0.1) is 16.1 Å². The second kappa shape index (κ2) is 15.9. The molecule has 1 N–H and O–H groups in total. The van der Waals surface area contributed by atoms with Gasteiger partial charge in [-0.25, -0.2) is 9.98 Å². The Kier molecular flexibility index (Phi) is 12.6. The van der Waals surface area contributed by atoms with E-state index >= 15 is 0 Å². The van der Waals surface area contributed by atoms with Gasteiger partial charge in [0.15, 0.2) is 0 Å². The van der Waals surface area contributed by atoms with Gasteiger partial charge in [-0.3, -0.25) is 0 Å². The van der Waals surface area contributed by atoms with Crippen LogP contribution in [0.15, 0.2) is 41.4 Å². The highest BCUT2D eigenvalue weighted by Gasteiger charge is 2.11. The van der Waals surface area contributed by atoms with Crippen LogP contribution >= 0.6 is 23.2 Å². The summed E-state index contributed by atoms with van der Waals surface area (Å²) in [7, 11) is 0. The molecule has 3 aromatic rings. The van der Waals surface area contributed by atoms with Crippen LogP contribution in [0.4, 0.5) is 5.95 Å². The SMILES string of the molecule is CCCCCCCCCCCCCCCCn1c(N=Cc2cc(Cl)cc(Cl)c2O)nc2ccccc21. The van der Waals surface area contributed by atoms with Gasteiger partial charge < -0.3 is 9.67 Å². The first kappa shape index (κ1) is 28.5. The number of phenolic OH excluding ortho intramolecular Hbond substituents is 1. The second-order valence-electron chi connectivity index (χ2n) is 9.73. The average Bonchev–Trinajstić information content (AvgIpc) is 3.23. The van der Waals surface area contributed by atoms with Crippen molar-refractivity contribution in [3.8, 4) is 5.75 Å². The number of rotatable bonds is 17. The minimum atomic E-state index is -0.0283. The first-order valence-corrected chi connectivity index (χ1v) is 14.5. The van der Waals surface area contributed by atoms with Crippen LogP contribution in [0.25, 0.3) is 11.0 Å². The number of aromatic hydroxyl groups is 1. The fraction of sp³-hybridized carbons (Fsp3) is 0.533. The van der Waals surface area contributed by atoms with E-state index in [1.807, 2.05) is 18.2 Å². The molecule has 0 fully saturated rings. The fourth-order valence-electron chi connectivity index (χ4n) is 4.66. The van der Waals surface area contributed by atoms with Crippen LogP contribution in [0.3, 0.4) is 0 Å². The number of nitrogens with zero attached hydrogens (tertiary/aromatic N) is 3. The van der Waals surface area contributed by atoms with Gasteiger partial charge in [-0.2, -0.15) is 0 Å². The highest BCUT2D eigenvalue weighted by Crippen LogP contribution is 2.31. The van der Waals surface area contributed by atoms with Crippen LogP contribution in [-0.2, 0) is 6.54 Å². The van der Waals surface area contributed by atoms with Crippen LogP contribution in [0.5, 0.6) is 5.75 Å². The van der Waals surface area contributed by atoms with Crippen molar-refractivity contribution in [2.24, 2.45) is 4.99 Å². The van der Waals surface area contributed by atoms with E-state index in [-0.39, 0.29) is 10.8 Å². The van der Waals surface area contributed by atoms with Crippen LogP contribution in [0, 0.1) is 0 Å². The lowest BCUT2D eigenvalue weighted by atomic mass is 10.0. The second-order valence-corrected chi connectivity index (χ2v) is 10.6. The molecule has 0 saturated carbocycles. The van der Waals surface area contributed by atoms with E-state index < -0.39 is 0 Å². The number of halogens is 2. The molecular formula is C30H41Cl2N3O. The Bertz CT molecular complexity index is 1090. The van der Waals surface area contributed by atoms with Crippen molar-refractivity contribution in [2.75, 3.05) is 0 Å². The van der Waals surface area contributed by atoms with Crippen molar-refractivity contribution in [3.63, 3.8) is 0 Å².